The highest BCUT2D eigenvalue weighted by Gasteiger charge is 2.52. The summed E-state index contributed by atoms with van der Waals surface area (Å²) in [5.74, 6) is -70.7. The summed E-state index contributed by atoms with van der Waals surface area (Å²) in [6.07, 6.45) is -3.64. The van der Waals surface area contributed by atoms with E-state index in [9.17, 15) is 56.9 Å². The molecule has 5 aromatic carbocycles. The molecule has 57 heavy (non-hydrogen) atoms. The van der Waals surface area contributed by atoms with Crippen LogP contribution < -0.4 is 21.9 Å². The lowest BCUT2D eigenvalue weighted by molar-refractivity contribution is 0.378. The third kappa shape index (κ3) is 7.38. The lowest BCUT2D eigenvalue weighted by Crippen LogP contribution is -2.81. The fourth-order valence-electron chi connectivity index (χ4n) is 5.86. The molecule has 0 aliphatic heterocycles. The van der Waals surface area contributed by atoms with E-state index in [1.807, 2.05) is 24.3 Å². The fourth-order valence-corrected chi connectivity index (χ4v) is 7.12. The first-order chi connectivity index (χ1) is 26.2. The summed E-state index contributed by atoms with van der Waals surface area (Å²) in [6, 6.07) is 7.94. The topological polar surface area (TPSA) is 17.1 Å². The summed E-state index contributed by atoms with van der Waals surface area (Å²) in [6.45, 7) is 0. The standard InChI is InChI=1S/C24BF20.C9H12BrOS/c26-5-1(6(27)14(35)21(42)13(5)34)25(2-7(28)15(36)22(43)16(37)8(2)29,3-9(30)17(38)23(44)18(39)10(3)31)4-11(32)19(40)24(45)20(41)12(4)33;1-12(2,11)7-8-3-5-9(10)6-4-8/h;3-6H,7H2,1-2H3/q-1;+1. The van der Waals surface area contributed by atoms with Crippen molar-refractivity contribution in [3.05, 3.63) is 151 Å². The number of hydrogen-bond donors (Lipinski definition) is 0. The van der Waals surface area contributed by atoms with Gasteiger partial charge in [-0.1, -0.05) is 28.1 Å². The van der Waals surface area contributed by atoms with Gasteiger partial charge in [0.25, 0.3) is 0 Å². The number of hydrogen-bond acceptors (Lipinski definition) is 1. The Morgan fingerprint density at radius 2 is 0.544 bits per heavy atom. The Morgan fingerprint density at radius 3 is 0.719 bits per heavy atom. The molecular weight excluding hydrogens is 915 g/mol. The average Bonchev–Trinajstić information content (AvgIpc) is 3.15. The molecule has 24 heteroatoms. The Bertz CT molecular complexity index is 2120. The van der Waals surface area contributed by atoms with Crippen molar-refractivity contribution in [1.82, 2.24) is 0 Å². The van der Waals surface area contributed by atoms with E-state index in [4.69, 9.17) is 0 Å². The van der Waals surface area contributed by atoms with Crippen molar-refractivity contribution in [3.8, 4) is 0 Å². The number of benzene rings is 5. The van der Waals surface area contributed by atoms with Crippen LogP contribution in [-0.4, -0.2) is 18.7 Å². The normalized spacial score (nSPS) is 11.9. The van der Waals surface area contributed by atoms with Crippen LogP contribution in [0, 0.1) is 116 Å². The molecule has 0 spiro atoms. The van der Waals surface area contributed by atoms with E-state index in [2.05, 4.69) is 15.9 Å². The van der Waals surface area contributed by atoms with Crippen molar-refractivity contribution in [2.75, 3.05) is 12.5 Å². The van der Waals surface area contributed by atoms with Crippen LogP contribution in [0.1, 0.15) is 5.56 Å². The Kier molecular flexibility index (Phi) is 12.6. The average molecular weight is 927 g/mol. The van der Waals surface area contributed by atoms with E-state index < -0.39 is 154 Å². The highest BCUT2D eigenvalue weighted by atomic mass is 79.9. The molecule has 0 heterocycles. The summed E-state index contributed by atoms with van der Waals surface area (Å²) >= 11 is 3.35. The Hall–Kier alpha value is -4.61. The van der Waals surface area contributed by atoms with Crippen LogP contribution in [0.5, 0.6) is 0 Å². The van der Waals surface area contributed by atoms with Crippen molar-refractivity contribution in [2.45, 2.75) is 5.75 Å². The molecule has 0 aliphatic rings. The highest BCUT2D eigenvalue weighted by Crippen LogP contribution is 2.30. The zero-order chi connectivity index (χ0) is 43.5. The molecule has 0 saturated carbocycles. The van der Waals surface area contributed by atoms with E-state index in [0.29, 0.717) is 5.75 Å². The van der Waals surface area contributed by atoms with E-state index in [1.54, 1.807) is 12.5 Å². The van der Waals surface area contributed by atoms with Crippen LogP contribution in [0.3, 0.4) is 0 Å². The minimum absolute atomic E-state index is 0.667. The third-order valence-electron chi connectivity index (χ3n) is 8.13. The molecule has 0 aromatic heterocycles. The molecule has 0 saturated heterocycles. The molecule has 0 atom stereocenters. The van der Waals surface area contributed by atoms with Gasteiger partial charge in [-0.2, -0.15) is 0 Å². The first-order valence-electron chi connectivity index (χ1n) is 14.6. The van der Waals surface area contributed by atoms with Gasteiger partial charge in [-0.25, -0.2) is 87.8 Å². The number of rotatable bonds is 6. The molecule has 0 fully saturated rings. The first kappa shape index (κ1) is 45.1. The van der Waals surface area contributed by atoms with Gasteiger partial charge in [-0.3, -0.25) is 0 Å². The minimum Gasteiger partial charge on any atom is -0.207 e. The summed E-state index contributed by atoms with van der Waals surface area (Å²) in [5.41, 5.74) is -13.2. The predicted octanol–water partition coefficient (Wildman–Crippen LogP) is 8.55. The van der Waals surface area contributed by atoms with Crippen LogP contribution in [0.4, 0.5) is 87.8 Å². The lowest BCUT2D eigenvalue weighted by Gasteiger charge is -2.44. The molecule has 0 aliphatic carbocycles. The molecule has 0 amide bonds. The quantitative estimate of drug-likeness (QED) is 0.0549. The highest BCUT2D eigenvalue weighted by molar-refractivity contribution is 9.10. The van der Waals surface area contributed by atoms with Gasteiger partial charge in [-0.05, 0) is 12.1 Å². The zero-order valence-electron chi connectivity index (χ0n) is 27.3. The molecule has 0 unspecified atom stereocenters. The second kappa shape index (κ2) is 16.0. The van der Waals surface area contributed by atoms with Crippen molar-refractivity contribution >= 4 is 53.9 Å². The molecular formula is C33H12BBrF20OS. The largest absolute Gasteiger partial charge is 0.207 e. The Balaban J connectivity index is 0.000000512. The molecule has 5 aromatic rings. The second-order valence-electron chi connectivity index (χ2n) is 12.0. The van der Waals surface area contributed by atoms with Crippen LogP contribution >= 0.6 is 15.9 Å². The monoisotopic (exact) mass is 926 g/mol. The van der Waals surface area contributed by atoms with Gasteiger partial charge in [0.15, 0.2) is 69.8 Å². The third-order valence-corrected chi connectivity index (χ3v) is 9.69. The van der Waals surface area contributed by atoms with Gasteiger partial charge < -0.3 is 0 Å². The van der Waals surface area contributed by atoms with Gasteiger partial charge >= 0.3 is 0 Å². The van der Waals surface area contributed by atoms with Gasteiger partial charge in [0, 0.05) is 10.0 Å². The smallest absolute Gasteiger partial charge is 0.200 e. The van der Waals surface area contributed by atoms with E-state index in [0.717, 1.165) is 10.0 Å². The van der Waals surface area contributed by atoms with E-state index in [1.165, 1.54) is 0 Å². The molecule has 0 radical (unpaired) electrons. The lowest BCUT2D eigenvalue weighted by atomic mass is 9.12. The Morgan fingerprint density at radius 1 is 0.368 bits per heavy atom. The Labute approximate surface area is 314 Å². The summed E-state index contributed by atoms with van der Waals surface area (Å²) in [5, 5.41) is 0. The van der Waals surface area contributed by atoms with Crippen LogP contribution in [0.2, 0.25) is 0 Å². The van der Waals surface area contributed by atoms with Crippen LogP contribution in [0.25, 0.3) is 0 Å². The van der Waals surface area contributed by atoms with Crippen molar-refractivity contribution < 1.29 is 92.0 Å². The second-order valence-corrected chi connectivity index (χ2v) is 16.1. The summed E-state index contributed by atoms with van der Waals surface area (Å²) < 4.78 is 306. The molecule has 306 valence electrons. The van der Waals surface area contributed by atoms with Gasteiger partial charge in [0.05, 0.1) is 9.93 Å². The van der Waals surface area contributed by atoms with Gasteiger partial charge in [-0.15, -0.1) is 26.1 Å². The maximum absolute atomic E-state index is 15.4. The van der Waals surface area contributed by atoms with Crippen molar-refractivity contribution in [2.24, 2.45) is 0 Å². The fraction of sp³-hybridized carbons (Fsp3) is 0.0909. The maximum Gasteiger partial charge on any atom is 0.200 e. The predicted molar refractivity (Wildman–Crippen MR) is 167 cm³/mol. The van der Waals surface area contributed by atoms with E-state index in [-0.39, 0.29) is 0 Å². The first-order valence-corrected chi connectivity index (χ1v) is 17.9. The van der Waals surface area contributed by atoms with Crippen molar-refractivity contribution in [3.63, 3.8) is 0 Å². The van der Waals surface area contributed by atoms with E-state index >= 15 is 35.1 Å². The molecule has 1 nitrogen and oxygen atoms in total. The van der Waals surface area contributed by atoms with Crippen LogP contribution in [0.15, 0.2) is 28.7 Å². The SMILES string of the molecule is C[S+](C)(=O)Cc1ccc(Br)cc1.Fc1c(F)c(F)c([B-](c2c(F)c(F)c(F)c(F)c2F)(c2c(F)c(F)c(F)c(F)c2F)c2c(F)c(F)c(F)c(F)c2F)c(F)c1F. The summed E-state index contributed by atoms with van der Waals surface area (Å²) in [4.78, 5) is 0. The van der Waals surface area contributed by atoms with Crippen LogP contribution in [-0.2, 0) is 19.9 Å². The minimum atomic E-state index is -7.22. The van der Waals surface area contributed by atoms with Crippen molar-refractivity contribution in [1.29, 1.82) is 0 Å². The molecule has 5 rings (SSSR count). The summed E-state index contributed by atoms with van der Waals surface area (Å²) in [7, 11) is -1.66. The molecule has 0 N–H and O–H groups in total. The van der Waals surface area contributed by atoms with Gasteiger partial charge in [0.2, 0.25) is 0 Å². The number of halogens is 21. The van der Waals surface area contributed by atoms with Gasteiger partial charge in [0.1, 0.15) is 70.9 Å². The molecule has 0 bridgehead atoms. The zero-order valence-corrected chi connectivity index (χ0v) is 29.8. The maximum atomic E-state index is 15.4.